The van der Waals surface area contributed by atoms with Gasteiger partial charge in [-0.1, -0.05) is 23.7 Å². The number of likely N-dealkylation sites (N-methyl/N-ethyl adjacent to an activating group) is 1. The van der Waals surface area contributed by atoms with Crippen molar-refractivity contribution < 1.29 is 14.3 Å². The lowest BCUT2D eigenvalue weighted by atomic mass is 10.1. The summed E-state index contributed by atoms with van der Waals surface area (Å²) in [7, 11) is 3.57. The molecule has 10 nitrogen and oxygen atoms in total. The molecule has 0 saturated heterocycles. The van der Waals surface area contributed by atoms with Gasteiger partial charge in [0.25, 0.3) is 5.91 Å². The number of amides is 2. The van der Waals surface area contributed by atoms with Crippen LogP contribution in [0.4, 0.5) is 11.6 Å². The van der Waals surface area contributed by atoms with Gasteiger partial charge in [-0.3, -0.25) is 9.59 Å². The summed E-state index contributed by atoms with van der Waals surface area (Å²) in [5.41, 5.74) is 12.1. The average molecular weight is 464 g/mol. The van der Waals surface area contributed by atoms with Crippen LogP contribution >= 0.6 is 11.6 Å². The zero-order valence-electron chi connectivity index (χ0n) is 18.4. The highest BCUT2D eigenvalue weighted by molar-refractivity contribution is 6.31. The van der Waals surface area contributed by atoms with Gasteiger partial charge in [-0.05, 0) is 44.1 Å². The minimum absolute atomic E-state index is 0.00335. The van der Waals surface area contributed by atoms with E-state index in [0.717, 1.165) is 30.7 Å². The first-order valence-corrected chi connectivity index (χ1v) is 10.6. The van der Waals surface area contributed by atoms with Crippen LogP contribution in [-0.4, -0.2) is 67.0 Å². The van der Waals surface area contributed by atoms with E-state index in [1.54, 1.807) is 7.11 Å². The Morgan fingerprint density at radius 2 is 1.75 bits per heavy atom. The Morgan fingerprint density at radius 3 is 2.44 bits per heavy atom. The minimum Gasteiger partial charge on any atom is -0.497 e. The number of carbonyl (C=O) groups is 2. The number of hydrogen-bond acceptors (Lipinski definition) is 8. The molecule has 1 heterocycles. The second kappa shape index (κ2) is 12.7. The van der Waals surface area contributed by atoms with Gasteiger partial charge in [-0.25, -0.2) is 9.97 Å². The summed E-state index contributed by atoms with van der Waals surface area (Å²) >= 11 is 5.80. The van der Waals surface area contributed by atoms with E-state index >= 15 is 0 Å². The maximum absolute atomic E-state index is 12.2. The molecule has 0 bridgehead atoms. The molecule has 2 amide bonds. The first-order valence-electron chi connectivity index (χ1n) is 10.2. The summed E-state index contributed by atoms with van der Waals surface area (Å²) in [5, 5.41) is 5.61. The second-order valence-electron chi connectivity index (χ2n) is 7.27. The lowest BCUT2D eigenvalue weighted by Gasteiger charge is -2.17. The van der Waals surface area contributed by atoms with Crippen molar-refractivity contribution in [3.63, 3.8) is 0 Å². The van der Waals surface area contributed by atoms with Gasteiger partial charge in [0, 0.05) is 19.6 Å². The molecule has 0 saturated carbocycles. The lowest BCUT2D eigenvalue weighted by molar-refractivity contribution is -0.120. The van der Waals surface area contributed by atoms with Gasteiger partial charge in [-0.15, -0.1) is 0 Å². The Kier molecular flexibility index (Phi) is 9.96. The molecule has 0 fully saturated rings. The van der Waals surface area contributed by atoms with Crippen molar-refractivity contribution in [3.8, 4) is 5.75 Å². The number of nitrogens with two attached hydrogens (primary N) is 2. The number of hydrogen-bond donors (Lipinski definition) is 4. The largest absolute Gasteiger partial charge is 0.497 e. The molecule has 32 heavy (non-hydrogen) atoms. The summed E-state index contributed by atoms with van der Waals surface area (Å²) in [4.78, 5) is 34.0. The molecule has 1 aromatic carbocycles. The summed E-state index contributed by atoms with van der Waals surface area (Å²) in [6.45, 7) is 2.51. The van der Waals surface area contributed by atoms with Gasteiger partial charge < -0.3 is 31.7 Å². The number of carbonyl (C=O) groups excluding carboxylic acids is 2. The fourth-order valence-corrected chi connectivity index (χ4v) is 3.02. The Hall–Kier alpha value is -3.11. The van der Waals surface area contributed by atoms with Crippen LogP contribution in [0.2, 0.25) is 5.15 Å². The van der Waals surface area contributed by atoms with Gasteiger partial charge in [0.2, 0.25) is 5.91 Å². The molecule has 0 atom stereocenters. The van der Waals surface area contributed by atoms with Crippen molar-refractivity contribution in [2.75, 3.05) is 51.8 Å². The first-order chi connectivity index (χ1) is 15.3. The van der Waals surface area contributed by atoms with Gasteiger partial charge in [0.05, 0.1) is 13.5 Å². The van der Waals surface area contributed by atoms with Crippen molar-refractivity contribution in [2.24, 2.45) is 0 Å². The molecule has 2 aromatic rings. The molecule has 0 aliphatic carbocycles. The third kappa shape index (κ3) is 8.20. The Bertz CT molecular complexity index is 909. The van der Waals surface area contributed by atoms with Crippen LogP contribution < -0.4 is 26.8 Å². The molecule has 6 N–H and O–H groups in total. The van der Waals surface area contributed by atoms with Crippen molar-refractivity contribution in [1.82, 2.24) is 25.5 Å². The standard InChI is InChI=1S/C21H30ClN7O3/c1-29(12-10-26-21(31)17-19(23)28-20(24)18(22)27-17)11-4-3-9-25-16(30)13-14-5-7-15(32-2)8-6-14/h5-8H,3-4,9-13H2,1-2H3,(H,25,30)(H,26,31)(H4,23,24,28). The third-order valence-electron chi connectivity index (χ3n) is 4.71. The van der Waals surface area contributed by atoms with Crippen molar-refractivity contribution in [1.29, 1.82) is 0 Å². The van der Waals surface area contributed by atoms with Crippen LogP contribution in [0.3, 0.4) is 0 Å². The number of rotatable bonds is 12. The molecule has 1 aromatic heterocycles. The van der Waals surface area contributed by atoms with E-state index in [2.05, 4.69) is 25.5 Å². The number of aromatic nitrogens is 2. The monoisotopic (exact) mass is 463 g/mol. The highest BCUT2D eigenvalue weighted by Crippen LogP contribution is 2.17. The van der Waals surface area contributed by atoms with Crippen LogP contribution in [0.15, 0.2) is 24.3 Å². The number of ether oxygens (including phenoxy) is 1. The molecule has 2 rings (SSSR count). The van der Waals surface area contributed by atoms with Gasteiger partial charge in [0.1, 0.15) is 5.75 Å². The van der Waals surface area contributed by atoms with E-state index in [1.165, 1.54) is 0 Å². The van der Waals surface area contributed by atoms with E-state index in [9.17, 15) is 9.59 Å². The highest BCUT2D eigenvalue weighted by Gasteiger charge is 2.15. The van der Waals surface area contributed by atoms with Crippen LogP contribution in [0.5, 0.6) is 5.75 Å². The maximum atomic E-state index is 12.2. The topological polar surface area (TPSA) is 148 Å². The van der Waals surface area contributed by atoms with Crippen molar-refractivity contribution >= 4 is 35.1 Å². The molecule has 0 aliphatic heterocycles. The number of nitrogen functional groups attached to an aromatic ring is 2. The SMILES string of the molecule is COc1ccc(CC(=O)NCCCCN(C)CCNC(=O)c2nc(Cl)c(N)nc2N)cc1. The van der Waals surface area contributed by atoms with E-state index < -0.39 is 5.91 Å². The first kappa shape index (κ1) is 25.2. The fourth-order valence-electron chi connectivity index (χ4n) is 2.89. The van der Waals surface area contributed by atoms with Crippen LogP contribution in [0.25, 0.3) is 0 Å². The molecular weight excluding hydrogens is 434 g/mol. The van der Waals surface area contributed by atoms with E-state index in [-0.39, 0.29) is 28.4 Å². The number of nitrogens with one attached hydrogen (secondary N) is 2. The third-order valence-corrected chi connectivity index (χ3v) is 4.99. The summed E-state index contributed by atoms with van der Waals surface area (Å²) in [5.74, 6) is 0.232. The zero-order valence-corrected chi connectivity index (χ0v) is 19.1. The average Bonchev–Trinajstić information content (AvgIpc) is 2.76. The van der Waals surface area contributed by atoms with E-state index in [0.29, 0.717) is 26.1 Å². The van der Waals surface area contributed by atoms with Crippen molar-refractivity contribution in [3.05, 3.63) is 40.7 Å². The Labute approximate surface area is 192 Å². The molecule has 174 valence electrons. The summed E-state index contributed by atoms with van der Waals surface area (Å²) in [6.07, 6.45) is 2.12. The number of anilines is 2. The van der Waals surface area contributed by atoms with Crippen molar-refractivity contribution in [2.45, 2.75) is 19.3 Å². The molecule has 0 radical (unpaired) electrons. The summed E-state index contributed by atoms with van der Waals surface area (Å²) in [6, 6.07) is 7.45. The number of methoxy groups -OCH3 is 1. The predicted octanol–water partition coefficient (Wildman–Crippen LogP) is 1.10. The van der Waals surface area contributed by atoms with Gasteiger partial charge >= 0.3 is 0 Å². The number of nitrogens with zero attached hydrogens (tertiary/aromatic N) is 3. The second-order valence-corrected chi connectivity index (χ2v) is 7.63. The lowest BCUT2D eigenvalue weighted by Crippen LogP contribution is -2.34. The maximum Gasteiger partial charge on any atom is 0.273 e. The Balaban J connectivity index is 1.57. The van der Waals surface area contributed by atoms with E-state index in [4.69, 9.17) is 27.8 Å². The number of halogens is 1. The van der Waals surface area contributed by atoms with Crippen LogP contribution in [0.1, 0.15) is 28.9 Å². The smallest absolute Gasteiger partial charge is 0.273 e. The van der Waals surface area contributed by atoms with Crippen LogP contribution in [-0.2, 0) is 11.2 Å². The minimum atomic E-state index is -0.454. The molecule has 0 aliphatic rings. The highest BCUT2D eigenvalue weighted by atomic mass is 35.5. The quantitative estimate of drug-likeness (QED) is 0.342. The van der Waals surface area contributed by atoms with E-state index in [1.807, 2.05) is 31.3 Å². The zero-order chi connectivity index (χ0) is 23.5. The van der Waals surface area contributed by atoms with Crippen LogP contribution in [0, 0.1) is 0 Å². The molecule has 11 heteroatoms. The summed E-state index contributed by atoms with van der Waals surface area (Å²) < 4.78 is 5.11. The molecular formula is C21H30ClN7O3. The molecule has 0 spiro atoms. The fraction of sp³-hybridized carbons (Fsp3) is 0.429. The Morgan fingerprint density at radius 1 is 1.03 bits per heavy atom. The van der Waals surface area contributed by atoms with Gasteiger partial charge in [0.15, 0.2) is 22.5 Å². The predicted molar refractivity (Wildman–Crippen MR) is 125 cm³/mol. The number of unbranched alkanes of at least 4 members (excludes halogenated alkanes) is 1. The molecule has 0 unspecified atom stereocenters. The normalized spacial score (nSPS) is 10.8. The van der Waals surface area contributed by atoms with Gasteiger partial charge in [-0.2, -0.15) is 0 Å². The number of benzene rings is 1.